The van der Waals surface area contributed by atoms with Crippen molar-refractivity contribution in [2.24, 2.45) is 5.41 Å². The van der Waals surface area contributed by atoms with Crippen LogP contribution in [0.25, 0.3) is 0 Å². The Morgan fingerprint density at radius 2 is 2.47 bits per heavy atom. The standard InChI is InChI=1S/C10H18N4O/c1-10(2)4-3-8(15-6-10)5-14-7-12-9(11)13-14/h7-8H,3-6H2,1-2H3,(H2,11,13). The van der Waals surface area contributed by atoms with E-state index in [0.29, 0.717) is 11.4 Å². The summed E-state index contributed by atoms with van der Waals surface area (Å²) in [7, 11) is 0. The second-order valence-corrected chi connectivity index (χ2v) is 4.96. The molecule has 5 heteroatoms. The summed E-state index contributed by atoms with van der Waals surface area (Å²) in [6, 6.07) is 0. The van der Waals surface area contributed by atoms with Gasteiger partial charge >= 0.3 is 0 Å². The van der Waals surface area contributed by atoms with Gasteiger partial charge in [0.2, 0.25) is 5.95 Å². The van der Waals surface area contributed by atoms with Crippen LogP contribution in [0.1, 0.15) is 26.7 Å². The van der Waals surface area contributed by atoms with E-state index in [2.05, 4.69) is 23.9 Å². The van der Waals surface area contributed by atoms with Crippen molar-refractivity contribution < 1.29 is 4.74 Å². The summed E-state index contributed by atoms with van der Waals surface area (Å²) in [6.07, 6.45) is 4.17. The number of rotatable bonds is 2. The monoisotopic (exact) mass is 210 g/mol. The number of anilines is 1. The number of ether oxygens (including phenoxy) is 1. The first-order valence-electron chi connectivity index (χ1n) is 5.32. The van der Waals surface area contributed by atoms with Crippen LogP contribution in [0.2, 0.25) is 0 Å². The molecule has 15 heavy (non-hydrogen) atoms. The minimum Gasteiger partial charge on any atom is -0.376 e. The highest BCUT2D eigenvalue weighted by molar-refractivity contribution is 5.09. The van der Waals surface area contributed by atoms with Gasteiger partial charge in [-0.25, -0.2) is 9.67 Å². The Morgan fingerprint density at radius 1 is 1.67 bits per heavy atom. The van der Waals surface area contributed by atoms with E-state index >= 15 is 0 Å². The SMILES string of the molecule is CC1(C)CCC(Cn2cnc(N)n2)OC1. The molecule has 2 N–H and O–H groups in total. The van der Waals surface area contributed by atoms with E-state index in [4.69, 9.17) is 10.5 Å². The number of hydrogen-bond acceptors (Lipinski definition) is 4. The van der Waals surface area contributed by atoms with Crippen LogP contribution in [0.5, 0.6) is 0 Å². The summed E-state index contributed by atoms with van der Waals surface area (Å²) >= 11 is 0. The third-order valence-electron chi connectivity index (χ3n) is 2.80. The van der Waals surface area contributed by atoms with Crippen LogP contribution in [0.4, 0.5) is 5.95 Å². The van der Waals surface area contributed by atoms with Gasteiger partial charge < -0.3 is 10.5 Å². The molecule has 0 bridgehead atoms. The molecule has 0 aliphatic carbocycles. The lowest BCUT2D eigenvalue weighted by Gasteiger charge is -2.34. The lowest BCUT2D eigenvalue weighted by Crippen LogP contribution is -2.34. The van der Waals surface area contributed by atoms with E-state index in [0.717, 1.165) is 19.6 Å². The first kappa shape index (κ1) is 10.4. The van der Waals surface area contributed by atoms with Gasteiger partial charge in [-0.15, -0.1) is 5.10 Å². The van der Waals surface area contributed by atoms with Crippen molar-refractivity contribution in [2.75, 3.05) is 12.3 Å². The molecule has 0 amide bonds. The van der Waals surface area contributed by atoms with E-state index < -0.39 is 0 Å². The molecule has 1 aromatic heterocycles. The van der Waals surface area contributed by atoms with Crippen LogP contribution < -0.4 is 5.73 Å². The largest absolute Gasteiger partial charge is 0.376 e. The zero-order chi connectivity index (χ0) is 10.9. The molecule has 1 aromatic rings. The molecule has 1 saturated heterocycles. The van der Waals surface area contributed by atoms with Gasteiger partial charge in [-0.05, 0) is 18.3 Å². The predicted octanol–water partition coefficient (Wildman–Crippen LogP) is 1.07. The lowest BCUT2D eigenvalue weighted by molar-refractivity contribution is -0.0561. The molecule has 5 nitrogen and oxygen atoms in total. The number of nitrogens with two attached hydrogens (primary N) is 1. The fourth-order valence-electron chi connectivity index (χ4n) is 1.80. The molecule has 1 aliphatic heterocycles. The smallest absolute Gasteiger partial charge is 0.239 e. The van der Waals surface area contributed by atoms with Crippen molar-refractivity contribution in [3.63, 3.8) is 0 Å². The summed E-state index contributed by atoms with van der Waals surface area (Å²) in [6.45, 7) is 6.04. The van der Waals surface area contributed by atoms with Crippen molar-refractivity contribution in [3.8, 4) is 0 Å². The predicted molar refractivity (Wildman–Crippen MR) is 57.2 cm³/mol. The molecule has 1 unspecified atom stereocenters. The van der Waals surface area contributed by atoms with Gasteiger partial charge in [0.15, 0.2) is 0 Å². The second-order valence-electron chi connectivity index (χ2n) is 4.96. The van der Waals surface area contributed by atoms with Gasteiger partial charge in [-0.3, -0.25) is 0 Å². The number of aromatic nitrogens is 3. The molecule has 2 rings (SSSR count). The Hall–Kier alpha value is -1.10. The van der Waals surface area contributed by atoms with Crippen LogP contribution in [0.15, 0.2) is 6.33 Å². The van der Waals surface area contributed by atoms with E-state index in [1.54, 1.807) is 11.0 Å². The normalized spacial score (nSPS) is 25.3. The summed E-state index contributed by atoms with van der Waals surface area (Å²) in [5, 5.41) is 4.04. The summed E-state index contributed by atoms with van der Waals surface area (Å²) in [4.78, 5) is 3.88. The van der Waals surface area contributed by atoms with Crippen LogP contribution in [0, 0.1) is 5.41 Å². The average molecular weight is 210 g/mol. The fourth-order valence-corrected chi connectivity index (χ4v) is 1.80. The minimum atomic E-state index is 0.249. The maximum absolute atomic E-state index is 5.78. The first-order valence-corrected chi connectivity index (χ1v) is 5.32. The number of hydrogen-bond donors (Lipinski definition) is 1. The van der Waals surface area contributed by atoms with Crippen molar-refractivity contribution in [1.29, 1.82) is 0 Å². The Bertz CT molecular complexity index is 324. The molecule has 84 valence electrons. The molecule has 1 fully saturated rings. The van der Waals surface area contributed by atoms with Crippen LogP contribution in [0.3, 0.4) is 0 Å². The zero-order valence-corrected chi connectivity index (χ0v) is 9.31. The van der Waals surface area contributed by atoms with Gasteiger partial charge in [0.1, 0.15) is 6.33 Å². The molecular weight excluding hydrogens is 192 g/mol. The molecule has 0 saturated carbocycles. The van der Waals surface area contributed by atoms with E-state index in [1.165, 1.54) is 6.42 Å². The van der Waals surface area contributed by atoms with Crippen LogP contribution in [-0.2, 0) is 11.3 Å². The zero-order valence-electron chi connectivity index (χ0n) is 9.31. The minimum absolute atomic E-state index is 0.249. The quantitative estimate of drug-likeness (QED) is 0.792. The molecular formula is C10H18N4O. The van der Waals surface area contributed by atoms with Gasteiger partial charge in [0, 0.05) is 0 Å². The van der Waals surface area contributed by atoms with E-state index in [-0.39, 0.29) is 6.10 Å². The summed E-state index contributed by atoms with van der Waals surface area (Å²) < 4.78 is 7.53. The maximum Gasteiger partial charge on any atom is 0.239 e. The van der Waals surface area contributed by atoms with Crippen molar-refractivity contribution in [1.82, 2.24) is 14.8 Å². The third kappa shape index (κ3) is 2.68. The summed E-state index contributed by atoms with van der Waals surface area (Å²) in [5.41, 5.74) is 5.76. The topological polar surface area (TPSA) is 66.0 Å². The Kier molecular flexibility index (Phi) is 2.65. The molecule has 1 atom stereocenters. The highest BCUT2D eigenvalue weighted by Crippen LogP contribution is 2.30. The van der Waals surface area contributed by atoms with E-state index in [1.807, 2.05) is 0 Å². The second kappa shape index (κ2) is 3.81. The molecule has 0 radical (unpaired) electrons. The van der Waals surface area contributed by atoms with Crippen LogP contribution in [-0.4, -0.2) is 27.5 Å². The van der Waals surface area contributed by atoms with Crippen molar-refractivity contribution >= 4 is 5.95 Å². The van der Waals surface area contributed by atoms with Gasteiger partial charge in [0.25, 0.3) is 0 Å². The Morgan fingerprint density at radius 3 is 3.00 bits per heavy atom. The summed E-state index contributed by atoms with van der Waals surface area (Å²) in [5.74, 6) is 0.325. The highest BCUT2D eigenvalue weighted by Gasteiger charge is 2.27. The Labute approximate surface area is 89.6 Å². The third-order valence-corrected chi connectivity index (χ3v) is 2.80. The Balaban J connectivity index is 1.87. The number of nitrogen functional groups attached to an aromatic ring is 1. The molecule has 0 aromatic carbocycles. The first-order chi connectivity index (χ1) is 7.05. The molecule has 0 spiro atoms. The maximum atomic E-state index is 5.78. The van der Waals surface area contributed by atoms with Gasteiger partial charge in [-0.2, -0.15) is 0 Å². The van der Waals surface area contributed by atoms with Crippen molar-refractivity contribution in [3.05, 3.63) is 6.33 Å². The molecule has 1 aliphatic rings. The average Bonchev–Trinajstić information content (AvgIpc) is 2.55. The molecule has 2 heterocycles. The highest BCUT2D eigenvalue weighted by atomic mass is 16.5. The van der Waals surface area contributed by atoms with Gasteiger partial charge in [0.05, 0.1) is 19.3 Å². The lowest BCUT2D eigenvalue weighted by atomic mass is 9.85. The van der Waals surface area contributed by atoms with Crippen molar-refractivity contribution in [2.45, 2.75) is 39.3 Å². The van der Waals surface area contributed by atoms with Gasteiger partial charge in [-0.1, -0.05) is 13.8 Å². The number of nitrogens with zero attached hydrogens (tertiary/aromatic N) is 3. The fraction of sp³-hybridized carbons (Fsp3) is 0.800. The van der Waals surface area contributed by atoms with Crippen LogP contribution >= 0.6 is 0 Å². The van der Waals surface area contributed by atoms with E-state index in [9.17, 15) is 0 Å².